The molecule has 0 saturated heterocycles. The van der Waals surface area contributed by atoms with Gasteiger partial charge in [0.25, 0.3) is 0 Å². The van der Waals surface area contributed by atoms with Gasteiger partial charge in [-0.2, -0.15) is 0 Å². The molecule has 0 atom stereocenters. The molecule has 4 heteroatoms. The van der Waals surface area contributed by atoms with Crippen molar-refractivity contribution >= 4 is 17.3 Å². The lowest BCUT2D eigenvalue weighted by molar-refractivity contribution is -0.141. The van der Waals surface area contributed by atoms with E-state index in [0.29, 0.717) is 5.69 Å². The molecule has 0 amide bonds. The summed E-state index contributed by atoms with van der Waals surface area (Å²) in [6.45, 7) is 2.00. The van der Waals surface area contributed by atoms with E-state index in [9.17, 15) is 9.59 Å². The molecule has 0 aliphatic heterocycles. The third-order valence-electron chi connectivity index (χ3n) is 3.64. The van der Waals surface area contributed by atoms with Crippen LogP contribution >= 0.6 is 0 Å². The Morgan fingerprint density at radius 3 is 2.52 bits per heavy atom. The average molecular weight is 307 g/mol. The summed E-state index contributed by atoms with van der Waals surface area (Å²) in [4.78, 5) is 24.4. The summed E-state index contributed by atoms with van der Waals surface area (Å²) in [7, 11) is 0. The predicted octanol–water partition coefficient (Wildman–Crippen LogP) is 3.74. The molecule has 0 aliphatic carbocycles. The van der Waals surface area contributed by atoms with Gasteiger partial charge >= 0.3 is 5.97 Å². The normalized spacial score (nSPS) is 10.7. The summed E-state index contributed by atoms with van der Waals surface area (Å²) in [5, 5.41) is 0. The van der Waals surface area contributed by atoms with Crippen LogP contribution in [0.1, 0.15) is 23.8 Å². The fourth-order valence-electron chi connectivity index (χ4n) is 2.67. The molecule has 23 heavy (non-hydrogen) atoms. The lowest BCUT2D eigenvalue weighted by atomic mass is 10.0. The minimum absolute atomic E-state index is 0.242. The maximum Gasteiger partial charge on any atom is 0.313 e. The highest BCUT2D eigenvalue weighted by atomic mass is 16.5. The van der Waals surface area contributed by atoms with Crippen molar-refractivity contribution in [3.63, 3.8) is 0 Å². The largest absolute Gasteiger partial charge is 0.466 e. The van der Waals surface area contributed by atoms with Crippen LogP contribution in [0, 0.1) is 0 Å². The van der Waals surface area contributed by atoms with Gasteiger partial charge in [0.1, 0.15) is 6.42 Å². The topological polar surface area (TPSA) is 47.8 Å². The van der Waals surface area contributed by atoms with E-state index in [4.69, 9.17) is 4.74 Å². The molecular weight excluding hydrogens is 290 g/mol. The Bertz CT molecular complexity index is 849. The molecule has 1 aromatic carbocycles. The SMILES string of the molecule is CCOC(=O)CC(=O)c1c(-c2ccccc2)cc2ccccn12. The van der Waals surface area contributed by atoms with Gasteiger partial charge in [-0.15, -0.1) is 0 Å². The van der Waals surface area contributed by atoms with Crippen LogP contribution in [0.5, 0.6) is 0 Å². The summed E-state index contributed by atoms with van der Waals surface area (Å²) in [6, 6.07) is 17.4. The van der Waals surface area contributed by atoms with Crippen molar-refractivity contribution in [1.82, 2.24) is 4.40 Å². The van der Waals surface area contributed by atoms with Crippen molar-refractivity contribution < 1.29 is 14.3 Å². The third kappa shape index (κ3) is 3.01. The molecule has 0 spiro atoms. The van der Waals surface area contributed by atoms with Crippen molar-refractivity contribution in [2.24, 2.45) is 0 Å². The lowest BCUT2D eigenvalue weighted by Gasteiger charge is -2.06. The number of esters is 1. The number of ketones is 1. The van der Waals surface area contributed by atoms with E-state index >= 15 is 0 Å². The minimum atomic E-state index is -0.498. The molecule has 3 aromatic rings. The van der Waals surface area contributed by atoms with Gasteiger partial charge in [0.2, 0.25) is 0 Å². The van der Waals surface area contributed by atoms with E-state index in [1.165, 1.54) is 0 Å². The van der Waals surface area contributed by atoms with Gasteiger partial charge in [-0.3, -0.25) is 9.59 Å². The first-order valence-electron chi connectivity index (χ1n) is 7.55. The zero-order valence-corrected chi connectivity index (χ0v) is 12.9. The highest BCUT2D eigenvalue weighted by Crippen LogP contribution is 2.28. The van der Waals surface area contributed by atoms with Crippen LogP contribution in [-0.4, -0.2) is 22.8 Å². The number of hydrogen-bond donors (Lipinski definition) is 0. The highest BCUT2D eigenvalue weighted by Gasteiger charge is 2.21. The first-order chi connectivity index (χ1) is 11.2. The van der Waals surface area contributed by atoms with Gasteiger partial charge in [0, 0.05) is 17.3 Å². The standard InChI is InChI=1S/C19H17NO3/c1-2-23-18(22)13-17(21)19-16(14-8-4-3-5-9-14)12-15-10-6-7-11-20(15)19/h3-12H,2,13H2,1H3. The smallest absolute Gasteiger partial charge is 0.313 e. The molecule has 2 heterocycles. The van der Waals surface area contributed by atoms with Crippen molar-refractivity contribution in [2.45, 2.75) is 13.3 Å². The van der Waals surface area contributed by atoms with Crippen molar-refractivity contribution in [2.75, 3.05) is 6.61 Å². The first-order valence-corrected chi connectivity index (χ1v) is 7.55. The predicted molar refractivity (Wildman–Crippen MR) is 88.4 cm³/mol. The monoisotopic (exact) mass is 307 g/mol. The molecule has 4 nitrogen and oxygen atoms in total. The number of carbonyl (C=O) groups is 2. The second-order valence-corrected chi connectivity index (χ2v) is 5.17. The molecule has 116 valence electrons. The number of Topliss-reactive ketones (excluding diaryl/α,β-unsaturated/α-hetero) is 1. The summed E-state index contributed by atoms with van der Waals surface area (Å²) < 4.78 is 6.72. The average Bonchev–Trinajstić information content (AvgIpc) is 2.95. The fraction of sp³-hybridized carbons (Fsp3) is 0.158. The summed E-state index contributed by atoms with van der Waals surface area (Å²) in [5.41, 5.74) is 3.20. The zero-order chi connectivity index (χ0) is 16.2. The number of pyridine rings is 1. The van der Waals surface area contributed by atoms with E-state index in [1.54, 1.807) is 6.92 Å². The molecule has 0 bridgehead atoms. The number of aromatic nitrogens is 1. The van der Waals surface area contributed by atoms with Gasteiger partial charge in [0.15, 0.2) is 5.78 Å². The number of benzene rings is 1. The van der Waals surface area contributed by atoms with Crippen molar-refractivity contribution in [3.05, 3.63) is 66.5 Å². The quantitative estimate of drug-likeness (QED) is 0.410. The summed E-state index contributed by atoms with van der Waals surface area (Å²) in [5.74, 6) is -0.740. The van der Waals surface area contributed by atoms with E-state index in [2.05, 4.69) is 0 Å². The molecule has 0 saturated carbocycles. The van der Waals surface area contributed by atoms with Crippen LogP contribution < -0.4 is 0 Å². The van der Waals surface area contributed by atoms with Crippen LogP contribution in [0.2, 0.25) is 0 Å². The van der Waals surface area contributed by atoms with Crippen LogP contribution in [0.25, 0.3) is 16.6 Å². The Kier molecular flexibility index (Phi) is 4.24. The number of carbonyl (C=O) groups excluding carboxylic acids is 2. The first kappa shape index (κ1) is 15.0. The Morgan fingerprint density at radius 2 is 1.78 bits per heavy atom. The van der Waals surface area contributed by atoms with Gasteiger partial charge in [-0.05, 0) is 30.7 Å². The van der Waals surface area contributed by atoms with E-state index in [1.807, 2.05) is 65.2 Å². The van der Waals surface area contributed by atoms with Gasteiger partial charge in [-0.25, -0.2) is 0 Å². The van der Waals surface area contributed by atoms with Crippen LogP contribution in [0.3, 0.4) is 0 Å². The Labute approximate surface area is 134 Å². The van der Waals surface area contributed by atoms with Gasteiger partial charge in [-0.1, -0.05) is 36.4 Å². The number of nitrogens with zero attached hydrogens (tertiary/aromatic N) is 1. The minimum Gasteiger partial charge on any atom is -0.466 e. The van der Waals surface area contributed by atoms with Crippen LogP contribution in [-0.2, 0) is 9.53 Å². The van der Waals surface area contributed by atoms with E-state index < -0.39 is 5.97 Å². The van der Waals surface area contributed by atoms with Crippen LogP contribution in [0.4, 0.5) is 0 Å². The zero-order valence-electron chi connectivity index (χ0n) is 12.9. The van der Waals surface area contributed by atoms with Crippen molar-refractivity contribution in [1.29, 1.82) is 0 Å². The fourth-order valence-corrected chi connectivity index (χ4v) is 2.67. The molecule has 0 aliphatic rings. The number of hydrogen-bond acceptors (Lipinski definition) is 3. The number of fused-ring (bicyclic) bond motifs is 1. The molecule has 0 N–H and O–H groups in total. The third-order valence-corrected chi connectivity index (χ3v) is 3.64. The number of ether oxygens (including phenoxy) is 1. The Hall–Kier alpha value is -2.88. The second-order valence-electron chi connectivity index (χ2n) is 5.17. The second kappa shape index (κ2) is 6.48. The van der Waals surface area contributed by atoms with Gasteiger partial charge in [0.05, 0.1) is 12.3 Å². The molecule has 0 unspecified atom stereocenters. The Morgan fingerprint density at radius 1 is 1.04 bits per heavy atom. The van der Waals surface area contributed by atoms with Crippen LogP contribution in [0.15, 0.2) is 60.8 Å². The highest BCUT2D eigenvalue weighted by molar-refractivity contribution is 6.09. The molecule has 3 rings (SSSR count). The van der Waals surface area contributed by atoms with Crippen molar-refractivity contribution in [3.8, 4) is 11.1 Å². The maximum atomic E-state index is 12.7. The summed E-state index contributed by atoms with van der Waals surface area (Å²) in [6.07, 6.45) is 1.58. The Balaban J connectivity index is 2.10. The molecule has 0 radical (unpaired) electrons. The van der Waals surface area contributed by atoms with Gasteiger partial charge < -0.3 is 9.14 Å². The maximum absolute atomic E-state index is 12.7. The van der Waals surface area contributed by atoms with E-state index in [-0.39, 0.29) is 18.8 Å². The van der Waals surface area contributed by atoms with E-state index in [0.717, 1.165) is 16.6 Å². The number of rotatable bonds is 5. The summed E-state index contributed by atoms with van der Waals surface area (Å²) >= 11 is 0. The molecule has 0 fully saturated rings. The molecular formula is C19H17NO3. The molecule has 2 aromatic heterocycles. The lowest BCUT2D eigenvalue weighted by Crippen LogP contribution is -2.13.